The van der Waals surface area contributed by atoms with E-state index in [9.17, 15) is 14.4 Å². The van der Waals surface area contributed by atoms with Crippen molar-refractivity contribution in [1.82, 2.24) is 14.5 Å². The first-order valence-electron chi connectivity index (χ1n) is 10.9. The Kier molecular flexibility index (Phi) is 6.53. The van der Waals surface area contributed by atoms with E-state index in [0.717, 1.165) is 32.4 Å². The molecule has 2 amide bonds. The van der Waals surface area contributed by atoms with E-state index in [2.05, 4.69) is 10.3 Å². The molecule has 3 aromatic rings. The highest BCUT2D eigenvalue weighted by Crippen LogP contribution is 2.18. The average molecular weight is 447 g/mol. The molecule has 1 aliphatic heterocycles. The number of pyridine rings is 2. The van der Waals surface area contributed by atoms with Gasteiger partial charge in [-0.15, -0.1) is 0 Å². The molecule has 1 saturated heterocycles. The number of anilines is 1. The normalized spacial score (nSPS) is 13.5. The molecule has 0 bridgehead atoms. The first-order valence-corrected chi connectivity index (χ1v) is 10.9. The third kappa shape index (κ3) is 4.79. The van der Waals surface area contributed by atoms with Crippen molar-refractivity contribution in [2.45, 2.75) is 26.2 Å². The van der Waals surface area contributed by atoms with Gasteiger partial charge in [0, 0.05) is 36.6 Å². The molecule has 1 N–H and O–H groups in total. The van der Waals surface area contributed by atoms with Gasteiger partial charge in [-0.1, -0.05) is 6.07 Å². The summed E-state index contributed by atoms with van der Waals surface area (Å²) in [7, 11) is 1.51. The van der Waals surface area contributed by atoms with Crippen LogP contribution in [0.3, 0.4) is 0 Å². The van der Waals surface area contributed by atoms with Crippen molar-refractivity contribution in [2.24, 2.45) is 0 Å². The predicted octanol–water partition coefficient (Wildman–Crippen LogP) is 3.43. The van der Waals surface area contributed by atoms with Crippen LogP contribution in [0.15, 0.2) is 59.7 Å². The molecule has 170 valence electrons. The number of ether oxygens (including phenoxy) is 1. The zero-order valence-corrected chi connectivity index (χ0v) is 18.7. The molecule has 0 saturated carbocycles. The lowest BCUT2D eigenvalue weighted by atomic mass is 10.1. The average Bonchev–Trinajstić information content (AvgIpc) is 2.84. The van der Waals surface area contributed by atoms with Crippen LogP contribution in [0.25, 0.3) is 5.69 Å². The van der Waals surface area contributed by atoms with Gasteiger partial charge >= 0.3 is 0 Å². The van der Waals surface area contributed by atoms with E-state index in [1.807, 2.05) is 4.90 Å². The largest absolute Gasteiger partial charge is 0.481 e. The molecule has 0 atom stereocenters. The first-order chi connectivity index (χ1) is 16.0. The molecule has 8 heteroatoms. The second kappa shape index (κ2) is 9.68. The van der Waals surface area contributed by atoms with Gasteiger partial charge in [-0.2, -0.15) is 0 Å². The van der Waals surface area contributed by atoms with Crippen molar-refractivity contribution < 1.29 is 14.3 Å². The molecule has 1 aliphatic rings. The van der Waals surface area contributed by atoms with Crippen molar-refractivity contribution in [2.75, 3.05) is 25.5 Å². The smallest absolute Gasteiger partial charge is 0.268 e. The molecular weight excluding hydrogens is 420 g/mol. The molecule has 0 unspecified atom stereocenters. The number of carbonyl (C=O) groups excluding carboxylic acids is 2. The van der Waals surface area contributed by atoms with Crippen molar-refractivity contribution >= 4 is 17.5 Å². The number of carbonyl (C=O) groups is 2. The number of nitrogens with one attached hydrogen (secondary N) is 1. The highest BCUT2D eigenvalue weighted by atomic mass is 16.5. The first kappa shape index (κ1) is 22.3. The van der Waals surface area contributed by atoms with Gasteiger partial charge in [0.1, 0.15) is 5.56 Å². The third-order valence-corrected chi connectivity index (χ3v) is 5.75. The van der Waals surface area contributed by atoms with Crippen LogP contribution >= 0.6 is 0 Å². The van der Waals surface area contributed by atoms with Crippen LogP contribution in [0.5, 0.6) is 5.88 Å². The number of rotatable bonds is 5. The van der Waals surface area contributed by atoms with Gasteiger partial charge in [-0.25, -0.2) is 4.98 Å². The Balaban J connectivity index is 1.58. The highest BCUT2D eigenvalue weighted by molar-refractivity contribution is 6.05. The van der Waals surface area contributed by atoms with Crippen LogP contribution in [0.2, 0.25) is 0 Å². The zero-order chi connectivity index (χ0) is 23.4. The highest BCUT2D eigenvalue weighted by Gasteiger charge is 2.20. The quantitative estimate of drug-likeness (QED) is 0.648. The van der Waals surface area contributed by atoms with Crippen LogP contribution < -0.4 is 15.6 Å². The Morgan fingerprint density at radius 3 is 2.55 bits per heavy atom. The number of likely N-dealkylation sites (tertiary alicyclic amines) is 1. The van der Waals surface area contributed by atoms with Gasteiger partial charge in [-0.3, -0.25) is 19.0 Å². The van der Waals surface area contributed by atoms with Gasteiger partial charge in [0.2, 0.25) is 5.88 Å². The number of methoxy groups -OCH3 is 1. The fraction of sp³-hybridized carbons (Fsp3) is 0.280. The Morgan fingerprint density at radius 2 is 1.85 bits per heavy atom. The Hall–Kier alpha value is -3.94. The molecular formula is C25H26N4O4. The van der Waals surface area contributed by atoms with Crippen LogP contribution in [0, 0.1) is 6.92 Å². The van der Waals surface area contributed by atoms with E-state index < -0.39 is 11.5 Å². The van der Waals surface area contributed by atoms with Crippen LogP contribution in [-0.2, 0) is 0 Å². The topological polar surface area (TPSA) is 93.5 Å². The maximum atomic E-state index is 13.1. The molecule has 1 fully saturated rings. The summed E-state index contributed by atoms with van der Waals surface area (Å²) >= 11 is 0. The zero-order valence-electron chi connectivity index (χ0n) is 18.7. The molecule has 2 aromatic heterocycles. The number of benzene rings is 1. The van der Waals surface area contributed by atoms with E-state index in [0.29, 0.717) is 28.4 Å². The summed E-state index contributed by atoms with van der Waals surface area (Å²) in [6.07, 6.45) is 6.26. The molecule has 0 radical (unpaired) electrons. The van der Waals surface area contributed by atoms with Crippen molar-refractivity contribution in [3.05, 3.63) is 81.9 Å². The van der Waals surface area contributed by atoms with Gasteiger partial charge in [0.15, 0.2) is 0 Å². The minimum Gasteiger partial charge on any atom is -0.481 e. The summed E-state index contributed by atoms with van der Waals surface area (Å²) in [5.41, 5.74) is 1.62. The van der Waals surface area contributed by atoms with Crippen LogP contribution in [0.1, 0.15) is 45.5 Å². The SMILES string of the molecule is COc1ccc(-n2ccc(C)c(C(=O)Nc3cccc(C(=O)N4CCCCC4)c3)c2=O)cn1. The monoisotopic (exact) mass is 446 g/mol. The molecule has 4 rings (SSSR count). The van der Waals surface area contributed by atoms with Gasteiger partial charge in [-0.05, 0) is 62.1 Å². The molecule has 3 heterocycles. The number of piperidine rings is 1. The summed E-state index contributed by atoms with van der Waals surface area (Å²) in [6, 6.07) is 11.9. The van der Waals surface area contributed by atoms with E-state index in [4.69, 9.17) is 4.74 Å². The number of amides is 2. The second-order valence-corrected chi connectivity index (χ2v) is 8.00. The van der Waals surface area contributed by atoms with Crippen LogP contribution in [0.4, 0.5) is 5.69 Å². The van der Waals surface area contributed by atoms with E-state index in [1.165, 1.54) is 17.9 Å². The Bertz CT molecular complexity index is 1230. The summed E-state index contributed by atoms with van der Waals surface area (Å²) in [4.78, 5) is 45.0. The van der Waals surface area contributed by atoms with Crippen molar-refractivity contribution in [1.29, 1.82) is 0 Å². The molecule has 1 aromatic carbocycles. The summed E-state index contributed by atoms with van der Waals surface area (Å²) in [5, 5.41) is 2.78. The van der Waals surface area contributed by atoms with E-state index in [1.54, 1.807) is 55.6 Å². The van der Waals surface area contributed by atoms with Gasteiger partial charge in [0.25, 0.3) is 17.4 Å². The lowest BCUT2D eigenvalue weighted by Crippen LogP contribution is -2.35. The van der Waals surface area contributed by atoms with Crippen molar-refractivity contribution in [3.8, 4) is 11.6 Å². The fourth-order valence-corrected chi connectivity index (χ4v) is 3.94. The van der Waals surface area contributed by atoms with Crippen molar-refractivity contribution in [3.63, 3.8) is 0 Å². The van der Waals surface area contributed by atoms with E-state index in [-0.39, 0.29) is 11.5 Å². The summed E-state index contributed by atoms with van der Waals surface area (Å²) in [6.45, 7) is 3.21. The molecule has 33 heavy (non-hydrogen) atoms. The number of hydrogen-bond acceptors (Lipinski definition) is 5. The maximum absolute atomic E-state index is 13.1. The standard InChI is InChI=1S/C25H26N4O4/c1-17-11-14-29(20-9-10-21(33-2)26-16-20)25(32)22(17)23(30)27-19-8-6-7-18(15-19)24(31)28-12-4-3-5-13-28/h6-11,14-16H,3-5,12-13H2,1-2H3,(H,27,30). The maximum Gasteiger partial charge on any atom is 0.268 e. The third-order valence-electron chi connectivity index (χ3n) is 5.75. The van der Waals surface area contributed by atoms with Gasteiger partial charge in [0.05, 0.1) is 19.0 Å². The fourth-order valence-electron chi connectivity index (χ4n) is 3.94. The Labute approximate surface area is 191 Å². The minimum absolute atomic E-state index is 0.0288. The minimum atomic E-state index is -0.532. The molecule has 0 aliphatic carbocycles. The predicted molar refractivity (Wildman–Crippen MR) is 125 cm³/mol. The number of hydrogen-bond donors (Lipinski definition) is 1. The Morgan fingerprint density at radius 1 is 1.06 bits per heavy atom. The van der Waals surface area contributed by atoms with Crippen LogP contribution in [-0.4, -0.2) is 46.5 Å². The van der Waals surface area contributed by atoms with Gasteiger partial charge < -0.3 is 15.0 Å². The molecule has 8 nitrogen and oxygen atoms in total. The number of nitrogens with zero attached hydrogens (tertiary/aromatic N) is 3. The summed E-state index contributed by atoms with van der Waals surface area (Å²) < 4.78 is 6.42. The number of aryl methyl sites for hydroxylation is 1. The lowest BCUT2D eigenvalue weighted by Gasteiger charge is -2.26. The lowest BCUT2D eigenvalue weighted by molar-refractivity contribution is 0.0724. The molecule has 0 spiro atoms. The summed E-state index contributed by atoms with van der Waals surface area (Å²) in [5.74, 6) is -0.150. The second-order valence-electron chi connectivity index (χ2n) is 8.00. The number of aromatic nitrogens is 2. The van der Waals surface area contributed by atoms with E-state index >= 15 is 0 Å².